The van der Waals surface area contributed by atoms with E-state index in [9.17, 15) is 4.79 Å². The zero-order valence-corrected chi connectivity index (χ0v) is 12.0. The SMILES string of the molecule is CC(C)(C)OC(=O)N1CCOCC2(C1)CC1(CO1)C2. The molecule has 0 aromatic heterocycles. The van der Waals surface area contributed by atoms with Gasteiger partial charge in [0.15, 0.2) is 0 Å². The Bertz CT molecular complexity index is 375. The highest BCUT2D eigenvalue weighted by atomic mass is 16.6. The van der Waals surface area contributed by atoms with Gasteiger partial charge in [-0.3, -0.25) is 0 Å². The summed E-state index contributed by atoms with van der Waals surface area (Å²) in [7, 11) is 0. The fraction of sp³-hybridized carbons (Fsp3) is 0.929. The number of rotatable bonds is 0. The number of nitrogens with zero attached hydrogens (tertiary/aromatic N) is 1. The zero-order valence-electron chi connectivity index (χ0n) is 12.0. The van der Waals surface area contributed by atoms with Gasteiger partial charge in [-0.15, -0.1) is 0 Å². The quantitative estimate of drug-likeness (QED) is 0.629. The second-order valence-corrected chi connectivity index (χ2v) is 7.28. The average Bonchev–Trinajstić information content (AvgIpc) is 3.00. The third-order valence-corrected chi connectivity index (χ3v) is 4.04. The van der Waals surface area contributed by atoms with Gasteiger partial charge in [-0.05, 0) is 33.6 Å². The number of hydrogen-bond acceptors (Lipinski definition) is 4. The first-order valence-electron chi connectivity index (χ1n) is 7.01. The molecule has 0 aromatic rings. The number of carbonyl (C=O) groups is 1. The van der Waals surface area contributed by atoms with Gasteiger partial charge in [-0.2, -0.15) is 0 Å². The Morgan fingerprint density at radius 1 is 1.26 bits per heavy atom. The molecule has 3 fully saturated rings. The first kappa shape index (κ1) is 13.2. The minimum absolute atomic E-state index is 0.0872. The van der Waals surface area contributed by atoms with Crippen molar-refractivity contribution in [3.8, 4) is 0 Å². The molecular weight excluding hydrogens is 246 g/mol. The van der Waals surface area contributed by atoms with Gasteiger partial charge in [-0.25, -0.2) is 4.79 Å². The molecule has 0 N–H and O–H groups in total. The van der Waals surface area contributed by atoms with E-state index in [1.165, 1.54) is 0 Å². The molecule has 0 bridgehead atoms. The molecule has 2 saturated heterocycles. The van der Waals surface area contributed by atoms with Gasteiger partial charge in [-0.1, -0.05) is 0 Å². The van der Waals surface area contributed by atoms with Crippen molar-refractivity contribution in [1.82, 2.24) is 4.90 Å². The fourth-order valence-corrected chi connectivity index (χ4v) is 3.31. The van der Waals surface area contributed by atoms with Crippen LogP contribution in [0.2, 0.25) is 0 Å². The molecule has 0 radical (unpaired) electrons. The van der Waals surface area contributed by atoms with Crippen molar-refractivity contribution in [3.05, 3.63) is 0 Å². The molecule has 3 rings (SSSR count). The van der Waals surface area contributed by atoms with E-state index in [0.717, 1.165) is 32.6 Å². The van der Waals surface area contributed by atoms with Crippen molar-refractivity contribution in [2.75, 3.05) is 32.9 Å². The molecule has 3 aliphatic rings. The lowest BCUT2D eigenvalue weighted by molar-refractivity contribution is -0.0478. The first-order chi connectivity index (χ1) is 8.82. The van der Waals surface area contributed by atoms with E-state index < -0.39 is 5.60 Å². The van der Waals surface area contributed by atoms with Crippen LogP contribution in [0.25, 0.3) is 0 Å². The molecule has 2 spiro atoms. The Morgan fingerprint density at radius 2 is 1.95 bits per heavy atom. The summed E-state index contributed by atoms with van der Waals surface area (Å²) in [5.41, 5.74) is -0.227. The Kier molecular flexibility index (Phi) is 2.84. The topological polar surface area (TPSA) is 51.3 Å². The summed E-state index contributed by atoms with van der Waals surface area (Å²) in [6, 6.07) is 0. The smallest absolute Gasteiger partial charge is 0.410 e. The number of hydrogen-bond donors (Lipinski definition) is 0. The van der Waals surface area contributed by atoms with Gasteiger partial charge < -0.3 is 19.1 Å². The second-order valence-electron chi connectivity index (χ2n) is 7.28. The highest BCUT2D eigenvalue weighted by Gasteiger charge is 2.64. The van der Waals surface area contributed by atoms with Crippen molar-refractivity contribution >= 4 is 6.09 Å². The molecule has 1 amide bonds. The molecule has 108 valence electrons. The van der Waals surface area contributed by atoms with Crippen molar-refractivity contribution in [3.63, 3.8) is 0 Å². The summed E-state index contributed by atoms with van der Waals surface area (Å²) in [5, 5.41) is 0. The van der Waals surface area contributed by atoms with E-state index in [2.05, 4.69) is 0 Å². The maximum Gasteiger partial charge on any atom is 0.410 e. The van der Waals surface area contributed by atoms with E-state index in [-0.39, 0.29) is 17.1 Å². The summed E-state index contributed by atoms with van der Waals surface area (Å²) in [6.45, 7) is 9.23. The van der Waals surface area contributed by atoms with Gasteiger partial charge in [0.1, 0.15) is 5.60 Å². The molecule has 0 aromatic carbocycles. The summed E-state index contributed by atoms with van der Waals surface area (Å²) in [5.74, 6) is 0. The molecule has 1 aliphatic carbocycles. The minimum Gasteiger partial charge on any atom is -0.444 e. The Morgan fingerprint density at radius 3 is 2.53 bits per heavy atom. The largest absolute Gasteiger partial charge is 0.444 e. The van der Waals surface area contributed by atoms with Crippen LogP contribution in [0, 0.1) is 5.41 Å². The van der Waals surface area contributed by atoms with Gasteiger partial charge >= 0.3 is 6.09 Å². The fourth-order valence-electron chi connectivity index (χ4n) is 3.31. The number of ether oxygens (including phenoxy) is 3. The summed E-state index contributed by atoms with van der Waals surface area (Å²) < 4.78 is 16.6. The lowest BCUT2D eigenvalue weighted by atomic mass is 9.62. The number of carbonyl (C=O) groups excluding carboxylic acids is 1. The zero-order chi connectivity index (χ0) is 13.7. The molecule has 5 nitrogen and oxygen atoms in total. The van der Waals surface area contributed by atoms with Crippen molar-refractivity contribution < 1.29 is 19.0 Å². The van der Waals surface area contributed by atoms with Crippen molar-refractivity contribution in [2.45, 2.75) is 44.8 Å². The van der Waals surface area contributed by atoms with E-state index in [1.807, 2.05) is 20.8 Å². The maximum absolute atomic E-state index is 12.2. The van der Waals surface area contributed by atoms with E-state index in [0.29, 0.717) is 13.2 Å². The van der Waals surface area contributed by atoms with E-state index >= 15 is 0 Å². The van der Waals surface area contributed by atoms with Crippen LogP contribution < -0.4 is 0 Å². The van der Waals surface area contributed by atoms with Gasteiger partial charge in [0, 0.05) is 18.5 Å². The Hall–Kier alpha value is -0.810. The molecular formula is C14H23NO4. The molecule has 2 aliphatic heterocycles. The van der Waals surface area contributed by atoms with Crippen LogP contribution in [0.5, 0.6) is 0 Å². The summed E-state index contributed by atoms with van der Waals surface area (Å²) >= 11 is 0. The Balaban J connectivity index is 1.63. The van der Waals surface area contributed by atoms with Crippen LogP contribution >= 0.6 is 0 Å². The second kappa shape index (κ2) is 4.09. The van der Waals surface area contributed by atoms with Gasteiger partial charge in [0.25, 0.3) is 0 Å². The number of amides is 1. The minimum atomic E-state index is -0.447. The predicted octanol–water partition coefficient (Wildman–Crippen LogP) is 1.80. The van der Waals surface area contributed by atoms with Crippen molar-refractivity contribution in [2.24, 2.45) is 5.41 Å². The van der Waals surface area contributed by atoms with Crippen LogP contribution in [0.15, 0.2) is 0 Å². The van der Waals surface area contributed by atoms with Gasteiger partial charge in [0.05, 0.1) is 25.4 Å². The molecule has 1 saturated carbocycles. The van der Waals surface area contributed by atoms with Crippen LogP contribution in [-0.4, -0.2) is 55.1 Å². The predicted molar refractivity (Wildman–Crippen MR) is 69.0 cm³/mol. The van der Waals surface area contributed by atoms with Crippen LogP contribution in [-0.2, 0) is 14.2 Å². The molecule has 2 heterocycles. The maximum atomic E-state index is 12.2. The summed E-state index contributed by atoms with van der Waals surface area (Å²) in [6.07, 6.45) is 1.80. The first-order valence-corrected chi connectivity index (χ1v) is 7.01. The Labute approximate surface area is 114 Å². The summed E-state index contributed by atoms with van der Waals surface area (Å²) in [4.78, 5) is 14.0. The number of epoxide rings is 1. The standard InChI is InChI=1S/C14H23NO4/c1-12(2,3)19-11(16)15-4-5-17-9-13(8-15)6-14(7-13)10-18-14/h4-10H2,1-3H3. The van der Waals surface area contributed by atoms with Crippen LogP contribution in [0.1, 0.15) is 33.6 Å². The third-order valence-electron chi connectivity index (χ3n) is 4.04. The lowest BCUT2D eigenvalue weighted by Gasteiger charge is -2.47. The van der Waals surface area contributed by atoms with Gasteiger partial charge in [0.2, 0.25) is 0 Å². The molecule has 5 heteroatoms. The normalized spacial score (nSPS) is 37.9. The lowest BCUT2D eigenvalue weighted by Crippen LogP contribution is -2.53. The van der Waals surface area contributed by atoms with E-state index in [1.54, 1.807) is 4.90 Å². The molecule has 19 heavy (non-hydrogen) atoms. The monoisotopic (exact) mass is 269 g/mol. The highest BCUT2D eigenvalue weighted by Crippen LogP contribution is 2.58. The van der Waals surface area contributed by atoms with E-state index in [4.69, 9.17) is 14.2 Å². The molecule has 0 unspecified atom stereocenters. The average molecular weight is 269 g/mol. The molecule has 0 atom stereocenters. The van der Waals surface area contributed by atoms with Crippen molar-refractivity contribution in [1.29, 1.82) is 0 Å². The highest BCUT2D eigenvalue weighted by molar-refractivity contribution is 5.68. The van der Waals surface area contributed by atoms with Crippen LogP contribution in [0.3, 0.4) is 0 Å². The third kappa shape index (κ3) is 2.72. The van der Waals surface area contributed by atoms with Crippen LogP contribution in [0.4, 0.5) is 4.79 Å².